The van der Waals surface area contributed by atoms with Crippen LogP contribution in [-0.4, -0.2) is 17.4 Å². The largest absolute Gasteiger partial charge is 0.434 e. The molecule has 0 aliphatic carbocycles. The normalized spacial score (nSPS) is 11.9. The minimum atomic E-state index is -2.98. The minimum Gasteiger partial charge on any atom is -0.434 e. The maximum Gasteiger partial charge on any atom is 0.387 e. The molecule has 0 radical (unpaired) electrons. The first-order chi connectivity index (χ1) is 12.3. The number of nitrogens with zero attached hydrogens (tertiary/aromatic N) is 1. The zero-order valence-electron chi connectivity index (χ0n) is 14.2. The highest BCUT2D eigenvalue weighted by atomic mass is 19.3. The molecule has 0 aromatic heterocycles. The third-order valence-electron chi connectivity index (χ3n) is 3.89. The number of aryl methyl sites for hydroxylation is 1. The first-order valence-electron chi connectivity index (χ1n) is 7.93. The molecule has 0 saturated carbocycles. The molecule has 2 aromatic carbocycles. The van der Waals surface area contributed by atoms with E-state index < -0.39 is 23.5 Å². The number of hydrogen-bond acceptors (Lipinski definition) is 4. The van der Waals surface area contributed by atoms with Gasteiger partial charge in [0.05, 0.1) is 11.0 Å². The standard InChI is InChI=1S/C18H18F2N2O4/c1-3-14(13-6-4-5-7-16(13)26-18(19)20)21-17(23)12-9-8-11(2)15(10-12)22(24)25/h4-10,14,18H,3H2,1-2H3,(H,21,23). The summed E-state index contributed by atoms with van der Waals surface area (Å²) in [7, 11) is 0. The van der Waals surface area contributed by atoms with Crippen LogP contribution in [0.4, 0.5) is 14.5 Å². The Morgan fingerprint density at radius 3 is 2.58 bits per heavy atom. The van der Waals surface area contributed by atoms with Crippen molar-refractivity contribution < 1.29 is 23.2 Å². The molecule has 0 fully saturated rings. The van der Waals surface area contributed by atoms with Crippen molar-refractivity contribution >= 4 is 11.6 Å². The second-order valence-corrected chi connectivity index (χ2v) is 5.61. The first-order valence-corrected chi connectivity index (χ1v) is 7.93. The Hall–Kier alpha value is -3.03. The van der Waals surface area contributed by atoms with Crippen LogP contribution in [0.15, 0.2) is 42.5 Å². The van der Waals surface area contributed by atoms with Gasteiger partial charge >= 0.3 is 6.61 Å². The molecule has 0 aliphatic rings. The van der Waals surface area contributed by atoms with Crippen LogP contribution in [0.3, 0.4) is 0 Å². The van der Waals surface area contributed by atoms with Crippen molar-refractivity contribution in [2.45, 2.75) is 32.9 Å². The van der Waals surface area contributed by atoms with Crippen LogP contribution in [0.25, 0.3) is 0 Å². The maximum absolute atomic E-state index is 12.6. The van der Waals surface area contributed by atoms with E-state index in [1.54, 1.807) is 32.0 Å². The van der Waals surface area contributed by atoms with Gasteiger partial charge in [0.1, 0.15) is 5.75 Å². The Bertz CT molecular complexity index is 812. The van der Waals surface area contributed by atoms with Gasteiger partial charge in [0.2, 0.25) is 0 Å². The van der Waals surface area contributed by atoms with Crippen LogP contribution in [0.2, 0.25) is 0 Å². The van der Waals surface area contributed by atoms with E-state index >= 15 is 0 Å². The van der Waals surface area contributed by atoms with Crippen molar-refractivity contribution in [3.8, 4) is 5.75 Å². The van der Waals surface area contributed by atoms with Gasteiger partial charge in [0.25, 0.3) is 11.6 Å². The second-order valence-electron chi connectivity index (χ2n) is 5.61. The van der Waals surface area contributed by atoms with Crippen LogP contribution in [0.1, 0.15) is 40.9 Å². The topological polar surface area (TPSA) is 81.5 Å². The Kier molecular flexibility index (Phi) is 6.21. The van der Waals surface area contributed by atoms with Gasteiger partial charge in [-0.1, -0.05) is 31.2 Å². The summed E-state index contributed by atoms with van der Waals surface area (Å²) in [5.74, 6) is -0.559. The SMILES string of the molecule is CCC(NC(=O)c1ccc(C)c([N+](=O)[O-])c1)c1ccccc1OC(F)F. The van der Waals surface area contributed by atoms with E-state index in [1.807, 2.05) is 0 Å². The lowest BCUT2D eigenvalue weighted by atomic mass is 10.0. The van der Waals surface area contributed by atoms with Gasteiger partial charge in [0, 0.05) is 22.8 Å². The summed E-state index contributed by atoms with van der Waals surface area (Å²) in [5, 5.41) is 13.7. The van der Waals surface area contributed by atoms with Gasteiger partial charge in [0.15, 0.2) is 0 Å². The lowest BCUT2D eigenvalue weighted by Crippen LogP contribution is -2.28. The van der Waals surface area contributed by atoms with Crippen LogP contribution >= 0.6 is 0 Å². The molecule has 0 spiro atoms. The molecule has 0 saturated heterocycles. The quantitative estimate of drug-likeness (QED) is 0.584. The van der Waals surface area contributed by atoms with E-state index in [2.05, 4.69) is 10.1 Å². The molecule has 2 aromatic rings. The number of para-hydroxylation sites is 1. The lowest BCUT2D eigenvalue weighted by Gasteiger charge is -2.20. The van der Waals surface area contributed by atoms with E-state index in [-0.39, 0.29) is 17.0 Å². The Morgan fingerprint density at radius 1 is 1.27 bits per heavy atom. The molecule has 1 unspecified atom stereocenters. The Labute approximate surface area is 148 Å². The van der Waals surface area contributed by atoms with Gasteiger partial charge in [-0.2, -0.15) is 8.78 Å². The lowest BCUT2D eigenvalue weighted by molar-refractivity contribution is -0.385. The van der Waals surface area contributed by atoms with Crippen molar-refractivity contribution in [2.24, 2.45) is 0 Å². The van der Waals surface area contributed by atoms with Crippen molar-refractivity contribution in [3.05, 3.63) is 69.3 Å². The zero-order chi connectivity index (χ0) is 19.3. The fraction of sp³-hybridized carbons (Fsp3) is 0.278. The van der Waals surface area contributed by atoms with E-state index in [9.17, 15) is 23.7 Å². The van der Waals surface area contributed by atoms with Gasteiger partial charge in [-0.3, -0.25) is 14.9 Å². The highest BCUT2D eigenvalue weighted by molar-refractivity contribution is 5.95. The van der Waals surface area contributed by atoms with E-state index in [0.29, 0.717) is 17.5 Å². The molecule has 0 aliphatic heterocycles. The van der Waals surface area contributed by atoms with Gasteiger partial charge in [-0.05, 0) is 25.5 Å². The molecule has 138 valence electrons. The third kappa shape index (κ3) is 4.53. The average molecular weight is 364 g/mol. The maximum atomic E-state index is 12.6. The Balaban J connectivity index is 2.27. The molecular formula is C18H18F2N2O4. The molecule has 6 nitrogen and oxygen atoms in total. The smallest absolute Gasteiger partial charge is 0.387 e. The molecule has 0 heterocycles. The monoisotopic (exact) mass is 364 g/mol. The number of benzene rings is 2. The van der Waals surface area contributed by atoms with Crippen LogP contribution < -0.4 is 10.1 Å². The van der Waals surface area contributed by atoms with Crippen molar-refractivity contribution in [2.75, 3.05) is 0 Å². The molecule has 1 amide bonds. The molecule has 1 N–H and O–H groups in total. The number of rotatable bonds is 7. The number of alkyl halides is 2. The number of halogens is 2. The number of nitro groups is 1. The average Bonchev–Trinajstić information content (AvgIpc) is 2.59. The summed E-state index contributed by atoms with van der Waals surface area (Å²) in [6, 6.07) is 9.76. The third-order valence-corrected chi connectivity index (χ3v) is 3.89. The molecule has 1 atom stereocenters. The highest BCUT2D eigenvalue weighted by Crippen LogP contribution is 2.29. The number of hydrogen-bond donors (Lipinski definition) is 1. The van der Waals surface area contributed by atoms with Crippen LogP contribution in [0.5, 0.6) is 5.75 Å². The second kappa shape index (κ2) is 8.37. The highest BCUT2D eigenvalue weighted by Gasteiger charge is 2.21. The van der Waals surface area contributed by atoms with Crippen molar-refractivity contribution in [1.29, 1.82) is 0 Å². The molecule has 26 heavy (non-hydrogen) atoms. The summed E-state index contributed by atoms with van der Waals surface area (Å²) < 4.78 is 29.7. The predicted molar refractivity (Wildman–Crippen MR) is 91.4 cm³/mol. The van der Waals surface area contributed by atoms with Crippen molar-refractivity contribution in [3.63, 3.8) is 0 Å². The van der Waals surface area contributed by atoms with Gasteiger partial charge < -0.3 is 10.1 Å². The van der Waals surface area contributed by atoms with E-state index in [1.165, 1.54) is 24.3 Å². The number of nitrogens with one attached hydrogen (secondary N) is 1. The summed E-state index contributed by atoms with van der Waals surface area (Å²) in [4.78, 5) is 23.0. The summed E-state index contributed by atoms with van der Waals surface area (Å²) in [5.41, 5.74) is 0.805. The fourth-order valence-corrected chi connectivity index (χ4v) is 2.56. The fourth-order valence-electron chi connectivity index (χ4n) is 2.56. The predicted octanol–water partition coefficient (Wildman–Crippen LogP) is 4.39. The molecular weight excluding hydrogens is 346 g/mol. The number of carbonyl (C=O) groups is 1. The zero-order valence-corrected chi connectivity index (χ0v) is 14.2. The van der Waals surface area contributed by atoms with E-state index in [4.69, 9.17) is 0 Å². The minimum absolute atomic E-state index is 0.0236. The molecule has 0 bridgehead atoms. The van der Waals surface area contributed by atoms with Gasteiger partial charge in [-0.15, -0.1) is 0 Å². The number of carbonyl (C=O) groups excluding carboxylic acids is 1. The number of nitro benzene ring substituents is 1. The Morgan fingerprint density at radius 2 is 1.96 bits per heavy atom. The summed E-state index contributed by atoms with van der Waals surface area (Å²) >= 11 is 0. The van der Waals surface area contributed by atoms with E-state index in [0.717, 1.165) is 0 Å². The molecule has 8 heteroatoms. The van der Waals surface area contributed by atoms with Crippen LogP contribution in [-0.2, 0) is 0 Å². The van der Waals surface area contributed by atoms with Crippen molar-refractivity contribution in [1.82, 2.24) is 5.32 Å². The molecule has 2 rings (SSSR count). The van der Waals surface area contributed by atoms with Crippen LogP contribution in [0, 0.1) is 17.0 Å². The summed E-state index contributed by atoms with van der Waals surface area (Å²) in [6.07, 6.45) is 0.420. The summed E-state index contributed by atoms with van der Waals surface area (Å²) in [6.45, 7) is 0.373. The first kappa shape index (κ1) is 19.3. The number of amides is 1. The number of ether oxygens (including phenoxy) is 1. The van der Waals surface area contributed by atoms with Gasteiger partial charge in [-0.25, -0.2) is 0 Å².